The van der Waals surface area contributed by atoms with E-state index in [4.69, 9.17) is 4.74 Å². The molecule has 1 aliphatic heterocycles. The summed E-state index contributed by atoms with van der Waals surface area (Å²) in [7, 11) is 0. The molecule has 1 saturated heterocycles. The Bertz CT molecular complexity index is 832. The van der Waals surface area contributed by atoms with Gasteiger partial charge in [-0.1, -0.05) is 104 Å². The van der Waals surface area contributed by atoms with Crippen LogP contribution in [-0.4, -0.2) is 42.4 Å². The Morgan fingerprint density at radius 1 is 0.844 bits per heavy atom. The average Bonchev–Trinajstić information content (AvgIpc) is 2.86. The molecule has 3 aromatic carbocycles. The fourth-order valence-corrected chi connectivity index (χ4v) is 4.83. The van der Waals surface area contributed by atoms with Crippen LogP contribution in [0.5, 0.6) is 0 Å². The average molecular weight is 430 g/mol. The molecule has 0 amide bonds. The summed E-state index contributed by atoms with van der Waals surface area (Å²) in [6.45, 7) is 5.57. The van der Waals surface area contributed by atoms with Crippen molar-refractivity contribution in [2.24, 2.45) is 5.92 Å². The van der Waals surface area contributed by atoms with E-state index in [2.05, 4.69) is 84.6 Å². The molecule has 3 heteroatoms. The van der Waals surface area contributed by atoms with Gasteiger partial charge in [-0.05, 0) is 42.6 Å². The molecule has 0 radical (unpaired) electrons. The second kappa shape index (κ2) is 10.9. The van der Waals surface area contributed by atoms with E-state index in [0.29, 0.717) is 6.61 Å². The Labute approximate surface area is 192 Å². The van der Waals surface area contributed by atoms with Crippen molar-refractivity contribution in [1.82, 2.24) is 4.90 Å². The summed E-state index contributed by atoms with van der Waals surface area (Å²) in [6.07, 6.45) is 2.97. The van der Waals surface area contributed by atoms with Gasteiger partial charge >= 0.3 is 0 Å². The second-order valence-electron chi connectivity index (χ2n) is 8.86. The predicted octanol–water partition coefficient (Wildman–Crippen LogP) is 5.48. The highest BCUT2D eigenvalue weighted by Crippen LogP contribution is 2.41. The number of rotatable bonds is 9. The lowest BCUT2D eigenvalue weighted by Crippen LogP contribution is -2.46. The van der Waals surface area contributed by atoms with Gasteiger partial charge in [0.05, 0.1) is 12.7 Å². The number of hydrogen-bond acceptors (Lipinski definition) is 3. The molecule has 32 heavy (non-hydrogen) atoms. The van der Waals surface area contributed by atoms with E-state index in [0.717, 1.165) is 42.7 Å². The van der Waals surface area contributed by atoms with Crippen molar-refractivity contribution in [3.63, 3.8) is 0 Å². The Balaban J connectivity index is 1.65. The normalized spacial score (nSPS) is 19.7. The van der Waals surface area contributed by atoms with E-state index in [1.165, 1.54) is 12.8 Å². The number of piperidine rings is 1. The van der Waals surface area contributed by atoms with Crippen molar-refractivity contribution in [3.05, 3.63) is 108 Å². The molecular formula is C29H35NO2. The van der Waals surface area contributed by atoms with E-state index in [1.54, 1.807) is 0 Å². The highest BCUT2D eigenvalue weighted by Gasteiger charge is 2.39. The van der Waals surface area contributed by atoms with Crippen molar-refractivity contribution < 1.29 is 9.84 Å². The Hall–Kier alpha value is -2.46. The number of benzene rings is 3. The van der Waals surface area contributed by atoms with Gasteiger partial charge in [0.25, 0.3) is 0 Å². The Kier molecular flexibility index (Phi) is 7.75. The van der Waals surface area contributed by atoms with Crippen LogP contribution in [0.25, 0.3) is 0 Å². The van der Waals surface area contributed by atoms with Gasteiger partial charge in [-0.15, -0.1) is 0 Å². The van der Waals surface area contributed by atoms with Gasteiger partial charge in [0.2, 0.25) is 0 Å². The third-order valence-electron chi connectivity index (χ3n) is 6.69. The predicted molar refractivity (Wildman–Crippen MR) is 131 cm³/mol. The topological polar surface area (TPSA) is 32.7 Å². The molecule has 0 unspecified atom stereocenters. The van der Waals surface area contributed by atoms with Crippen LogP contribution < -0.4 is 0 Å². The Morgan fingerprint density at radius 2 is 1.34 bits per heavy atom. The van der Waals surface area contributed by atoms with Gasteiger partial charge in [-0.3, -0.25) is 0 Å². The number of unbranched alkanes of at least 4 members (excludes halogenated alkanes) is 1. The summed E-state index contributed by atoms with van der Waals surface area (Å²) in [6, 6.07) is 31.4. The maximum Gasteiger partial charge on any atom is 0.143 e. The first-order valence-corrected chi connectivity index (χ1v) is 11.9. The number of hydrogen-bond donors (Lipinski definition) is 1. The maximum atomic E-state index is 10.9. The molecule has 3 aromatic rings. The summed E-state index contributed by atoms with van der Waals surface area (Å²) in [5.74, 6) is 0.128. The second-order valence-corrected chi connectivity index (χ2v) is 8.86. The highest BCUT2D eigenvalue weighted by atomic mass is 16.5. The minimum Gasteiger partial charge on any atom is -0.391 e. The van der Waals surface area contributed by atoms with Crippen LogP contribution in [0.3, 0.4) is 0 Å². The molecular weight excluding hydrogens is 394 g/mol. The molecule has 4 rings (SSSR count). The molecule has 168 valence electrons. The molecule has 1 aliphatic rings. The minimum absolute atomic E-state index is 0.128. The van der Waals surface area contributed by atoms with Crippen LogP contribution in [0.4, 0.5) is 0 Å². The van der Waals surface area contributed by atoms with Crippen LogP contribution in [0.2, 0.25) is 0 Å². The molecule has 2 atom stereocenters. The fraction of sp³-hybridized carbons (Fsp3) is 0.379. The summed E-state index contributed by atoms with van der Waals surface area (Å²) in [4.78, 5) is 2.39. The number of nitrogens with zero attached hydrogens (tertiary/aromatic N) is 1. The van der Waals surface area contributed by atoms with Crippen LogP contribution in [0.1, 0.15) is 42.9 Å². The van der Waals surface area contributed by atoms with E-state index in [1.807, 2.05) is 18.2 Å². The van der Waals surface area contributed by atoms with Gasteiger partial charge in [0.15, 0.2) is 0 Å². The molecule has 1 N–H and O–H groups in total. The lowest BCUT2D eigenvalue weighted by Gasteiger charge is -2.40. The largest absolute Gasteiger partial charge is 0.391 e. The summed E-state index contributed by atoms with van der Waals surface area (Å²) < 4.78 is 6.94. The van der Waals surface area contributed by atoms with Crippen LogP contribution >= 0.6 is 0 Å². The number of β-amino-alcohol motifs (C(OH)–C–C–N with tert-alkyl or cyclic N) is 1. The third-order valence-corrected chi connectivity index (χ3v) is 6.69. The van der Waals surface area contributed by atoms with Gasteiger partial charge in [0, 0.05) is 12.5 Å². The Morgan fingerprint density at radius 3 is 1.78 bits per heavy atom. The van der Waals surface area contributed by atoms with Crippen molar-refractivity contribution in [2.75, 3.05) is 26.2 Å². The van der Waals surface area contributed by atoms with Gasteiger partial charge in [0.1, 0.15) is 5.60 Å². The molecule has 1 fully saturated rings. The lowest BCUT2D eigenvalue weighted by atomic mass is 9.80. The zero-order valence-electron chi connectivity index (χ0n) is 19.1. The van der Waals surface area contributed by atoms with Gasteiger partial charge < -0.3 is 14.7 Å². The quantitative estimate of drug-likeness (QED) is 0.457. The molecule has 0 saturated carbocycles. The van der Waals surface area contributed by atoms with E-state index in [9.17, 15) is 5.11 Å². The van der Waals surface area contributed by atoms with E-state index < -0.39 is 5.60 Å². The fourth-order valence-electron chi connectivity index (χ4n) is 4.83. The first kappa shape index (κ1) is 22.7. The zero-order valence-corrected chi connectivity index (χ0v) is 19.1. The van der Waals surface area contributed by atoms with E-state index in [-0.39, 0.29) is 12.0 Å². The molecule has 0 aromatic heterocycles. The van der Waals surface area contributed by atoms with Gasteiger partial charge in [-0.25, -0.2) is 0 Å². The minimum atomic E-state index is -0.719. The maximum absolute atomic E-state index is 10.9. The molecule has 0 spiro atoms. The summed E-state index contributed by atoms with van der Waals surface area (Å²) in [5.41, 5.74) is 2.59. The number of likely N-dealkylation sites (tertiary alicyclic amines) is 1. The highest BCUT2D eigenvalue weighted by molar-refractivity contribution is 5.47. The number of aliphatic hydroxyl groups excluding tert-OH is 1. The van der Waals surface area contributed by atoms with Crippen LogP contribution in [0.15, 0.2) is 91.0 Å². The number of ether oxygens (including phenoxy) is 1. The molecule has 3 nitrogen and oxygen atoms in total. The van der Waals surface area contributed by atoms with Crippen molar-refractivity contribution in [1.29, 1.82) is 0 Å². The first-order valence-electron chi connectivity index (χ1n) is 11.9. The van der Waals surface area contributed by atoms with Crippen molar-refractivity contribution >= 4 is 0 Å². The van der Waals surface area contributed by atoms with Crippen LogP contribution in [-0.2, 0) is 10.3 Å². The molecule has 1 heterocycles. The van der Waals surface area contributed by atoms with Crippen molar-refractivity contribution in [2.45, 2.75) is 37.9 Å². The lowest BCUT2D eigenvalue weighted by molar-refractivity contribution is -0.0625. The summed E-state index contributed by atoms with van der Waals surface area (Å²) >= 11 is 0. The van der Waals surface area contributed by atoms with Gasteiger partial charge in [-0.2, -0.15) is 0 Å². The first-order chi connectivity index (χ1) is 15.7. The summed E-state index contributed by atoms with van der Waals surface area (Å²) in [5, 5.41) is 10.9. The van der Waals surface area contributed by atoms with Crippen LogP contribution in [0, 0.1) is 5.92 Å². The molecule has 0 bridgehead atoms. The van der Waals surface area contributed by atoms with Crippen molar-refractivity contribution in [3.8, 4) is 0 Å². The standard InChI is InChI=1S/C29H35NO2/c1-2-3-20-30-21-19-24(28(31)22-30)23-32-29(25-13-7-4-8-14-25,26-15-9-5-10-16-26)27-17-11-6-12-18-27/h4-18,24,28,31H,2-3,19-23H2,1H3/t24-,28-/m1/s1. The third kappa shape index (κ3) is 4.96. The zero-order chi connectivity index (χ0) is 22.2. The van der Waals surface area contributed by atoms with E-state index >= 15 is 0 Å². The SMILES string of the molecule is CCCCN1CC[C@H](COC(c2ccccc2)(c2ccccc2)c2ccccc2)[C@H](O)C1. The monoisotopic (exact) mass is 429 g/mol. The smallest absolute Gasteiger partial charge is 0.143 e. The number of aliphatic hydroxyl groups is 1. The molecule has 0 aliphatic carbocycles.